The van der Waals surface area contributed by atoms with Crippen molar-refractivity contribution in [2.75, 3.05) is 4.72 Å². The average molecular weight is 241 g/mol. The number of hydrogen-bond acceptors (Lipinski definition) is 4. The quantitative estimate of drug-likeness (QED) is 0.724. The third-order valence-corrected chi connectivity index (χ3v) is 3.27. The molecule has 16 heavy (non-hydrogen) atoms. The largest absolute Gasteiger partial charge is 0.332 e. The number of H-pyrrole nitrogens is 2. The molecule has 0 amide bonds. The fourth-order valence-electron chi connectivity index (χ4n) is 1.18. The minimum atomic E-state index is -3.60. The van der Waals surface area contributed by atoms with Crippen molar-refractivity contribution < 1.29 is 8.42 Å². The van der Waals surface area contributed by atoms with Gasteiger partial charge in [0.15, 0.2) is 5.03 Å². The lowest BCUT2D eigenvalue weighted by atomic mass is 10.5. The molecule has 0 bridgehead atoms. The number of nitrogens with one attached hydrogen (secondary N) is 3. The minimum absolute atomic E-state index is 0.0468. The van der Waals surface area contributed by atoms with Crippen molar-refractivity contribution in [1.82, 2.24) is 20.2 Å². The molecule has 0 aliphatic carbocycles. The van der Waals surface area contributed by atoms with Crippen LogP contribution in [0.15, 0.2) is 23.6 Å². The molecule has 0 aliphatic heterocycles. The Balaban J connectivity index is 2.25. The Morgan fingerprint density at radius 2 is 2.25 bits per heavy atom. The Labute approximate surface area is 92.4 Å². The van der Waals surface area contributed by atoms with Crippen LogP contribution in [0.5, 0.6) is 0 Å². The van der Waals surface area contributed by atoms with Crippen LogP contribution in [-0.2, 0) is 16.4 Å². The second-order valence-electron chi connectivity index (χ2n) is 3.14. The number of nitrogens with zero attached hydrogens (tertiary/aromatic N) is 2. The summed E-state index contributed by atoms with van der Waals surface area (Å²) in [6.07, 6.45) is 4.78. The molecule has 3 N–H and O–H groups in total. The molecule has 86 valence electrons. The predicted octanol–water partition coefficient (Wildman–Crippen LogP) is 0.496. The van der Waals surface area contributed by atoms with Gasteiger partial charge in [-0.1, -0.05) is 6.92 Å². The molecule has 7 nitrogen and oxygen atoms in total. The smallest absolute Gasteiger partial charge is 0.279 e. The van der Waals surface area contributed by atoms with Crippen molar-refractivity contribution in [2.45, 2.75) is 18.4 Å². The Bertz CT molecular complexity index is 557. The Kier molecular flexibility index (Phi) is 2.65. The van der Waals surface area contributed by atoms with Crippen LogP contribution in [0.25, 0.3) is 0 Å². The van der Waals surface area contributed by atoms with E-state index in [1.165, 1.54) is 18.6 Å². The fourth-order valence-corrected chi connectivity index (χ4v) is 2.15. The van der Waals surface area contributed by atoms with E-state index in [2.05, 4.69) is 24.9 Å². The van der Waals surface area contributed by atoms with E-state index >= 15 is 0 Å². The maximum absolute atomic E-state index is 11.8. The molecular weight excluding hydrogens is 230 g/mol. The van der Waals surface area contributed by atoms with E-state index in [1.54, 1.807) is 0 Å². The summed E-state index contributed by atoms with van der Waals surface area (Å²) < 4.78 is 26.0. The molecule has 2 aromatic rings. The highest BCUT2D eigenvalue weighted by molar-refractivity contribution is 7.92. The maximum Gasteiger partial charge on any atom is 0.279 e. The van der Waals surface area contributed by atoms with Gasteiger partial charge in [0, 0.05) is 12.6 Å². The summed E-state index contributed by atoms with van der Waals surface area (Å²) in [4.78, 5) is 6.66. The van der Waals surface area contributed by atoms with Crippen LogP contribution >= 0.6 is 0 Å². The molecule has 2 heterocycles. The SMILES string of the molecule is CCc1ncc(S(=O)(=O)Nc2cn[nH]c2)[nH]1. The van der Waals surface area contributed by atoms with Crippen molar-refractivity contribution in [3.63, 3.8) is 0 Å². The summed E-state index contributed by atoms with van der Waals surface area (Å²) in [6, 6.07) is 0. The van der Waals surface area contributed by atoms with E-state index in [9.17, 15) is 8.42 Å². The van der Waals surface area contributed by atoms with Crippen molar-refractivity contribution in [1.29, 1.82) is 0 Å². The third-order valence-electron chi connectivity index (χ3n) is 1.98. The first kappa shape index (κ1) is 10.7. The first-order valence-electron chi connectivity index (χ1n) is 4.67. The standard InChI is InChI=1S/C8H11N5O2S/c1-2-7-9-5-8(12-7)16(14,15)13-6-3-10-11-4-6/h3-5,13H,2H2,1H3,(H,9,12)(H,10,11). The van der Waals surface area contributed by atoms with Crippen molar-refractivity contribution >= 4 is 15.7 Å². The highest BCUT2D eigenvalue weighted by atomic mass is 32.2. The number of sulfonamides is 1. The predicted molar refractivity (Wildman–Crippen MR) is 57.4 cm³/mol. The highest BCUT2D eigenvalue weighted by Gasteiger charge is 2.17. The zero-order valence-corrected chi connectivity index (χ0v) is 9.37. The molecule has 0 radical (unpaired) electrons. The zero-order valence-electron chi connectivity index (χ0n) is 8.56. The van der Waals surface area contributed by atoms with Gasteiger partial charge in [-0.2, -0.15) is 13.5 Å². The molecule has 8 heteroatoms. The van der Waals surface area contributed by atoms with E-state index in [-0.39, 0.29) is 5.03 Å². The van der Waals surface area contributed by atoms with Crippen LogP contribution in [0.2, 0.25) is 0 Å². The van der Waals surface area contributed by atoms with Crippen molar-refractivity contribution in [2.24, 2.45) is 0 Å². The van der Waals surface area contributed by atoms with Gasteiger partial charge >= 0.3 is 0 Å². The molecule has 2 rings (SSSR count). The number of aromatic amines is 2. The Hall–Kier alpha value is -1.83. The average Bonchev–Trinajstić information content (AvgIpc) is 2.85. The molecular formula is C8H11N5O2S. The molecule has 0 atom stereocenters. The lowest BCUT2D eigenvalue weighted by Crippen LogP contribution is -2.12. The summed E-state index contributed by atoms with van der Waals surface area (Å²) in [5.41, 5.74) is 0.382. The van der Waals surface area contributed by atoms with E-state index in [0.29, 0.717) is 17.9 Å². The van der Waals surface area contributed by atoms with Gasteiger partial charge < -0.3 is 4.98 Å². The topological polar surface area (TPSA) is 104 Å². The number of imidazole rings is 1. The normalized spacial score (nSPS) is 11.6. The first-order valence-corrected chi connectivity index (χ1v) is 6.15. The van der Waals surface area contributed by atoms with Crippen LogP contribution in [-0.4, -0.2) is 28.6 Å². The molecule has 0 aromatic carbocycles. The summed E-state index contributed by atoms with van der Waals surface area (Å²) in [5, 5.41) is 6.21. The maximum atomic E-state index is 11.8. The monoisotopic (exact) mass is 241 g/mol. The number of aromatic nitrogens is 4. The Morgan fingerprint density at radius 3 is 2.81 bits per heavy atom. The second kappa shape index (κ2) is 3.97. The summed E-state index contributed by atoms with van der Waals surface area (Å²) in [6.45, 7) is 1.89. The second-order valence-corrected chi connectivity index (χ2v) is 4.79. The van der Waals surface area contributed by atoms with E-state index < -0.39 is 10.0 Å². The molecule has 2 aromatic heterocycles. The molecule has 0 saturated heterocycles. The van der Waals surface area contributed by atoms with Crippen molar-refractivity contribution in [3.8, 4) is 0 Å². The third kappa shape index (κ3) is 2.06. The van der Waals surface area contributed by atoms with Crippen LogP contribution in [0.3, 0.4) is 0 Å². The molecule has 0 unspecified atom stereocenters. The summed E-state index contributed by atoms with van der Waals surface area (Å²) in [7, 11) is -3.60. The lowest BCUT2D eigenvalue weighted by molar-refractivity contribution is 0.598. The number of anilines is 1. The van der Waals surface area contributed by atoms with Crippen molar-refractivity contribution in [3.05, 3.63) is 24.4 Å². The zero-order chi connectivity index (χ0) is 11.6. The van der Waals surface area contributed by atoms with Gasteiger partial charge in [-0.3, -0.25) is 9.82 Å². The lowest BCUT2D eigenvalue weighted by Gasteiger charge is -2.01. The molecule has 0 aliphatic rings. The van der Waals surface area contributed by atoms with E-state index in [1.807, 2.05) is 6.92 Å². The van der Waals surface area contributed by atoms with Crippen LogP contribution in [0.4, 0.5) is 5.69 Å². The number of rotatable bonds is 4. The fraction of sp³-hybridized carbons (Fsp3) is 0.250. The van der Waals surface area contributed by atoms with E-state index in [4.69, 9.17) is 0 Å². The van der Waals surface area contributed by atoms with Crippen LogP contribution < -0.4 is 4.72 Å². The number of aryl methyl sites for hydroxylation is 1. The first-order chi connectivity index (χ1) is 7.62. The van der Waals surface area contributed by atoms with Gasteiger partial charge in [0.05, 0.1) is 18.1 Å². The molecule has 0 fully saturated rings. The van der Waals surface area contributed by atoms with Gasteiger partial charge in [-0.05, 0) is 0 Å². The van der Waals surface area contributed by atoms with Gasteiger partial charge in [0.1, 0.15) is 5.82 Å². The van der Waals surface area contributed by atoms with Crippen LogP contribution in [0, 0.1) is 0 Å². The van der Waals surface area contributed by atoms with Gasteiger partial charge in [0.2, 0.25) is 0 Å². The highest BCUT2D eigenvalue weighted by Crippen LogP contribution is 2.12. The summed E-state index contributed by atoms with van der Waals surface area (Å²) in [5.74, 6) is 0.632. The number of hydrogen-bond donors (Lipinski definition) is 3. The molecule has 0 saturated carbocycles. The van der Waals surface area contributed by atoms with Crippen LogP contribution in [0.1, 0.15) is 12.7 Å². The van der Waals surface area contributed by atoms with Gasteiger partial charge in [-0.25, -0.2) is 4.98 Å². The molecule has 0 spiro atoms. The Morgan fingerprint density at radius 1 is 1.44 bits per heavy atom. The van der Waals surface area contributed by atoms with E-state index in [0.717, 1.165) is 0 Å². The van der Waals surface area contributed by atoms with Gasteiger partial charge in [-0.15, -0.1) is 0 Å². The van der Waals surface area contributed by atoms with Gasteiger partial charge in [0.25, 0.3) is 10.0 Å². The minimum Gasteiger partial charge on any atom is -0.332 e. The summed E-state index contributed by atoms with van der Waals surface area (Å²) >= 11 is 0.